The van der Waals surface area contributed by atoms with Crippen LogP contribution in [0.5, 0.6) is 0 Å². The molecule has 0 heterocycles. The van der Waals surface area contributed by atoms with Crippen LogP contribution in [0.4, 0.5) is 0 Å². The van der Waals surface area contributed by atoms with Crippen molar-refractivity contribution in [1.82, 2.24) is 0 Å². The average molecular weight is 1090 g/mol. The van der Waals surface area contributed by atoms with Crippen LogP contribution in [0.2, 0.25) is 0 Å². The molecule has 1 atom stereocenters. The Bertz CT molecular complexity index is 1480. The zero-order chi connectivity index (χ0) is 56.4. The molecule has 0 aliphatic rings. The minimum absolute atomic E-state index is 0.0835. The lowest BCUT2D eigenvalue weighted by atomic mass is 10.0. The molecule has 0 spiro atoms. The van der Waals surface area contributed by atoms with E-state index in [1.165, 1.54) is 186 Å². The van der Waals surface area contributed by atoms with Gasteiger partial charge in [-0.05, 0) is 116 Å². The van der Waals surface area contributed by atoms with Gasteiger partial charge in [0.15, 0.2) is 6.10 Å². The minimum atomic E-state index is -0.788. The van der Waals surface area contributed by atoms with Gasteiger partial charge >= 0.3 is 17.9 Å². The first-order valence-corrected chi connectivity index (χ1v) is 33.6. The highest BCUT2D eigenvalue weighted by Crippen LogP contribution is 2.16. The third-order valence-corrected chi connectivity index (χ3v) is 14.6. The van der Waals surface area contributed by atoms with Gasteiger partial charge in [0, 0.05) is 19.3 Å². The van der Waals surface area contributed by atoms with E-state index in [2.05, 4.69) is 106 Å². The second kappa shape index (κ2) is 66.1. The zero-order valence-electron chi connectivity index (χ0n) is 51.7. The quantitative estimate of drug-likeness (QED) is 0.0261. The topological polar surface area (TPSA) is 78.9 Å². The smallest absolute Gasteiger partial charge is 0.306 e. The molecular formula is C72H126O6. The summed E-state index contributed by atoms with van der Waals surface area (Å²) in [6, 6.07) is 0. The van der Waals surface area contributed by atoms with Crippen molar-refractivity contribution in [3.63, 3.8) is 0 Å². The molecule has 0 N–H and O–H groups in total. The van der Waals surface area contributed by atoms with Crippen molar-refractivity contribution in [2.24, 2.45) is 0 Å². The van der Waals surface area contributed by atoms with E-state index in [0.717, 1.165) is 109 Å². The predicted octanol–water partition coefficient (Wildman–Crippen LogP) is 23.1. The standard InChI is InChI=1S/C72H126O6/c1-4-7-10-13-16-19-22-24-26-28-30-32-33-34-35-36-37-38-39-41-42-44-46-48-50-53-56-59-62-65-71(74)77-68-69(67-76-70(73)64-61-58-55-52-21-18-15-12-9-6-3)78-72(75)66-63-60-57-54-51-49-47-45-43-40-31-29-27-25-23-20-17-14-11-8-5-2/h12,15,22-25,28-31,33-34,43,45,69H,4-11,13-14,16-21,26-27,32,35-42,44,46-68H2,1-3H3/b15-12-,24-22-,25-23-,30-28-,31-29-,34-33-,45-43-. The van der Waals surface area contributed by atoms with Crippen LogP contribution in [-0.2, 0) is 28.6 Å². The third kappa shape index (κ3) is 63.4. The molecule has 6 heteroatoms. The van der Waals surface area contributed by atoms with E-state index < -0.39 is 6.10 Å². The van der Waals surface area contributed by atoms with Gasteiger partial charge in [0.05, 0.1) is 0 Å². The summed E-state index contributed by atoms with van der Waals surface area (Å²) in [5, 5.41) is 0. The van der Waals surface area contributed by atoms with E-state index in [1.54, 1.807) is 0 Å². The van der Waals surface area contributed by atoms with Crippen molar-refractivity contribution in [2.75, 3.05) is 13.2 Å². The fourth-order valence-corrected chi connectivity index (χ4v) is 9.52. The van der Waals surface area contributed by atoms with Crippen molar-refractivity contribution in [3.05, 3.63) is 85.1 Å². The zero-order valence-corrected chi connectivity index (χ0v) is 51.7. The summed E-state index contributed by atoms with van der Waals surface area (Å²) < 4.78 is 16.9. The van der Waals surface area contributed by atoms with Crippen LogP contribution in [0.25, 0.3) is 0 Å². The first-order valence-electron chi connectivity index (χ1n) is 33.6. The van der Waals surface area contributed by atoms with E-state index in [0.29, 0.717) is 19.3 Å². The molecular weight excluding hydrogens is 961 g/mol. The molecule has 0 aromatic rings. The van der Waals surface area contributed by atoms with Crippen LogP contribution in [-0.4, -0.2) is 37.2 Å². The number of hydrogen-bond donors (Lipinski definition) is 0. The van der Waals surface area contributed by atoms with Crippen LogP contribution in [0.3, 0.4) is 0 Å². The number of ether oxygens (including phenoxy) is 3. The van der Waals surface area contributed by atoms with Gasteiger partial charge in [-0.3, -0.25) is 14.4 Å². The normalized spacial score (nSPS) is 12.6. The first-order chi connectivity index (χ1) is 38.5. The van der Waals surface area contributed by atoms with Gasteiger partial charge in [-0.2, -0.15) is 0 Å². The number of carbonyl (C=O) groups excluding carboxylic acids is 3. The molecule has 0 amide bonds. The summed E-state index contributed by atoms with van der Waals surface area (Å²) in [6.45, 7) is 6.57. The Kier molecular flexibility index (Phi) is 63.2. The molecule has 0 bridgehead atoms. The Hall–Kier alpha value is -3.41. The average Bonchev–Trinajstić information content (AvgIpc) is 3.44. The van der Waals surface area contributed by atoms with E-state index in [1.807, 2.05) is 0 Å². The molecule has 1 unspecified atom stereocenters. The highest BCUT2D eigenvalue weighted by molar-refractivity contribution is 5.71. The Morgan fingerprint density at radius 3 is 0.782 bits per heavy atom. The fourth-order valence-electron chi connectivity index (χ4n) is 9.52. The number of rotatable bonds is 61. The highest BCUT2D eigenvalue weighted by Gasteiger charge is 2.19. The van der Waals surface area contributed by atoms with Crippen LogP contribution < -0.4 is 0 Å². The maximum Gasteiger partial charge on any atom is 0.306 e. The Morgan fingerprint density at radius 1 is 0.256 bits per heavy atom. The van der Waals surface area contributed by atoms with E-state index in [-0.39, 0.29) is 31.1 Å². The van der Waals surface area contributed by atoms with Gasteiger partial charge in [0.2, 0.25) is 0 Å². The molecule has 0 aromatic heterocycles. The molecule has 0 aromatic carbocycles. The highest BCUT2D eigenvalue weighted by atomic mass is 16.6. The number of esters is 3. The van der Waals surface area contributed by atoms with E-state index >= 15 is 0 Å². The Balaban J connectivity index is 4.21. The summed E-state index contributed by atoms with van der Waals surface area (Å²) in [4.78, 5) is 38.3. The molecule has 450 valence electrons. The molecule has 0 fully saturated rings. The summed E-state index contributed by atoms with van der Waals surface area (Å²) in [7, 11) is 0. The fraction of sp³-hybridized carbons (Fsp3) is 0.764. The van der Waals surface area contributed by atoms with Gasteiger partial charge < -0.3 is 14.2 Å². The maximum absolute atomic E-state index is 12.9. The molecule has 0 aliphatic carbocycles. The molecule has 78 heavy (non-hydrogen) atoms. The van der Waals surface area contributed by atoms with Crippen molar-refractivity contribution in [1.29, 1.82) is 0 Å². The molecule has 0 rings (SSSR count). The number of carbonyl (C=O) groups is 3. The molecule has 0 aliphatic heterocycles. The van der Waals surface area contributed by atoms with E-state index in [4.69, 9.17) is 14.2 Å². The first kappa shape index (κ1) is 74.6. The molecule has 0 saturated carbocycles. The van der Waals surface area contributed by atoms with E-state index in [9.17, 15) is 14.4 Å². The Labute approximate surface area is 484 Å². The van der Waals surface area contributed by atoms with Crippen LogP contribution >= 0.6 is 0 Å². The Morgan fingerprint density at radius 2 is 0.487 bits per heavy atom. The number of allylic oxidation sites excluding steroid dienone is 14. The summed E-state index contributed by atoms with van der Waals surface area (Å²) in [6.07, 6.45) is 87.5. The predicted molar refractivity (Wildman–Crippen MR) is 339 cm³/mol. The van der Waals surface area contributed by atoms with Crippen LogP contribution in [0, 0.1) is 0 Å². The van der Waals surface area contributed by atoms with Crippen molar-refractivity contribution in [2.45, 2.75) is 341 Å². The monoisotopic (exact) mass is 1090 g/mol. The second-order valence-corrected chi connectivity index (χ2v) is 22.4. The lowest BCUT2D eigenvalue weighted by Crippen LogP contribution is -2.30. The van der Waals surface area contributed by atoms with Gasteiger partial charge in [-0.15, -0.1) is 0 Å². The molecule has 0 saturated heterocycles. The van der Waals surface area contributed by atoms with Gasteiger partial charge in [0.1, 0.15) is 13.2 Å². The SMILES string of the molecule is CCC/C=C\CCCCCCCC(=O)OCC(COC(=O)CCCCCCCCCCCCCCCC/C=C\C/C=C\C/C=C\CCCCCCC)OC(=O)CCCCCCCC/C=C\C/C=C\C/C=C\CCCCCCC. The van der Waals surface area contributed by atoms with Gasteiger partial charge in [-0.25, -0.2) is 0 Å². The second-order valence-electron chi connectivity index (χ2n) is 22.4. The summed E-state index contributed by atoms with van der Waals surface area (Å²) in [5.41, 5.74) is 0. The molecule has 6 nitrogen and oxygen atoms in total. The summed E-state index contributed by atoms with van der Waals surface area (Å²) >= 11 is 0. The van der Waals surface area contributed by atoms with Gasteiger partial charge in [0.25, 0.3) is 0 Å². The number of unbranched alkanes of at least 4 members (excludes halogenated alkanes) is 36. The largest absolute Gasteiger partial charge is 0.462 e. The van der Waals surface area contributed by atoms with Crippen LogP contribution in [0.15, 0.2) is 85.1 Å². The minimum Gasteiger partial charge on any atom is -0.462 e. The summed E-state index contributed by atoms with van der Waals surface area (Å²) in [5.74, 6) is -0.896. The lowest BCUT2D eigenvalue weighted by molar-refractivity contribution is -0.167. The molecule has 0 radical (unpaired) electrons. The maximum atomic E-state index is 12.9. The number of hydrogen-bond acceptors (Lipinski definition) is 6. The van der Waals surface area contributed by atoms with Crippen molar-refractivity contribution in [3.8, 4) is 0 Å². The van der Waals surface area contributed by atoms with Gasteiger partial charge in [-0.1, -0.05) is 286 Å². The van der Waals surface area contributed by atoms with Crippen molar-refractivity contribution < 1.29 is 28.6 Å². The van der Waals surface area contributed by atoms with Crippen LogP contribution in [0.1, 0.15) is 335 Å². The third-order valence-electron chi connectivity index (χ3n) is 14.6. The lowest BCUT2D eigenvalue weighted by Gasteiger charge is -2.18. The van der Waals surface area contributed by atoms with Crippen molar-refractivity contribution >= 4 is 17.9 Å².